The highest BCUT2D eigenvalue weighted by atomic mass is 16.5. The van der Waals surface area contributed by atoms with Gasteiger partial charge in [-0.15, -0.1) is 0 Å². The van der Waals surface area contributed by atoms with Gasteiger partial charge in [0.2, 0.25) is 0 Å². The largest absolute Gasteiger partial charge is 0.493 e. The lowest BCUT2D eigenvalue weighted by molar-refractivity contribution is 0.0523. The normalized spacial score (nSPS) is 11.7. The molecule has 0 radical (unpaired) electrons. The molecule has 3 aromatic heterocycles. The number of carbonyl (C=O) groups excluding carboxylic acids is 2. The molecular formula is C29H32N4O5. The standard InChI is InChI=1S/C29H32N4O5/c1-5-8-11-16-32-25-21(28(35)33-17-12-13-19(4)24(33)30-25)18-22(29(36)38-7-3)26(32)31-27(34)20-14-9-10-15-23(20)37-6-2/h9-10,12-15,17-18H,5-8,11,16H2,1-4H3. The molecule has 0 fully saturated rings. The van der Waals surface area contributed by atoms with Crippen molar-refractivity contribution in [2.24, 2.45) is 4.99 Å². The van der Waals surface area contributed by atoms with Crippen molar-refractivity contribution in [1.29, 1.82) is 0 Å². The highest BCUT2D eigenvalue weighted by Crippen LogP contribution is 2.19. The Morgan fingerprint density at radius 1 is 0.974 bits per heavy atom. The second kappa shape index (κ2) is 11.9. The number of para-hydroxylation sites is 1. The molecule has 4 aromatic rings. The maximum Gasteiger partial charge on any atom is 0.341 e. The first-order valence-electron chi connectivity index (χ1n) is 12.9. The van der Waals surface area contributed by atoms with Crippen molar-refractivity contribution in [2.45, 2.75) is 53.5 Å². The molecule has 0 aliphatic rings. The summed E-state index contributed by atoms with van der Waals surface area (Å²) in [5, 5.41) is 0.244. The number of carbonyl (C=O) groups is 2. The number of unbranched alkanes of at least 4 members (excludes halogenated alkanes) is 2. The van der Waals surface area contributed by atoms with Crippen LogP contribution in [0.3, 0.4) is 0 Å². The number of nitrogens with zero attached hydrogens (tertiary/aromatic N) is 4. The van der Waals surface area contributed by atoms with Crippen molar-refractivity contribution in [3.63, 3.8) is 0 Å². The summed E-state index contributed by atoms with van der Waals surface area (Å²) in [6.45, 7) is 8.40. The van der Waals surface area contributed by atoms with Crippen LogP contribution in [-0.4, -0.2) is 39.0 Å². The van der Waals surface area contributed by atoms with Gasteiger partial charge in [-0.1, -0.05) is 38.0 Å². The van der Waals surface area contributed by atoms with Gasteiger partial charge in [0.05, 0.1) is 24.2 Å². The number of pyridine rings is 2. The molecule has 4 rings (SSSR count). The van der Waals surface area contributed by atoms with E-state index < -0.39 is 11.9 Å². The van der Waals surface area contributed by atoms with E-state index in [1.165, 1.54) is 10.5 Å². The fourth-order valence-corrected chi connectivity index (χ4v) is 4.38. The van der Waals surface area contributed by atoms with E-state index in [9.17, 15) is 14.4 Å². The molecule has 0 spiro atoms. The lowest BCUT2D eigenvalue weighted by atomic mass is 10.1. The van der Waals surface area contributed by atoms with E-state index in [1.807, 2.05) is 19.9 Å². The molecule has 0 aliphatic carbocycles. The van der Waals surface area contributed by atoms with Crippen LogP contribution >= 0.6 is 0 Å². The Morgan fingerprint density at radius 2 is 1.76 bits per heavy atom. The molecule has 9 heteroatoms. The Morgan fingerprint density at radius 3 is 2.50 bits per heavy atom. The van der Waals surface area contributed by atoms with Crippen LogP contribution in [0, 0.1) is 6.92 Å². The second-order valence-corrected chi connectivity index (χ2v) is 8.85. The number of fused-ring (bicyclic) bond motifs is 2. The van der Waals surface area contributed by atoms with E-state index in [4.69, 9.17) is 14.5 Å². The molecule has 0 aliphatic heterocycles. The number of rotatable bonds is 9. The third-order valence-corrected chi connectivity index (χ3v) is 6.21. The Hall–Kier alpha value is -4.27. The zero-order chi connectivity index (χ0) is 27.2. The van der Waals surface area contributed by atoms with E-state index in [-0.39, 0.29) is 34.2 Å². The number of hydrogen-bond acceptors (Lipinski definition) is 6. The zero-order valence-electron chi connectivity index (χ0n) is 22.2. The van der Waals surface area contributed by atoms with E-state index in [2.05, 4.69) is 11.9 Å². The van der Waals surface area contributed by atoms with Crippen LogP contribution in [0.15, 0.2) is 58.4 Å². The zero-order valence-corrected chi connectivity index (χ0v) is 22.2. The van der Waals surface area contributed by atoms with Gasteiger partial charge in [-0.3, -0.25) is 14.0 Å². The predicted octanol–water partition coefficient (Wildman–Crippen LogP) is 4.46. The molecule has 0 bridgehead atoms. The monoisotopic (exact) mass is 516 g/mol. The molecule has 0 N–H and O–H groups in total. The van der Waals surface area contributed by atoms with Crippen molar-refractivity contribution < 1.29 is 19.1 Å². The number of amides is 1. The Labute approximate surface area is 220 Å². The smallest absolute Gasteiger partial charge is 0.341 e. The molecule has 3 heterocycles. The second-order valence-electron chi connectivity index (χ2n) is 8.85. The summed E-state index contributed by atoms with van der Waals surface area (Å²) in [6.07, 6.45) is 4.25. The first-order valence-corrected chi connectivity index (χ1v) is 12.9. The van der Waals surface area contributed by atoms with Gasteiger partial charge in [-0.05, 0) is 57.0 Å². The predicted molar refractivity (Wildman–Crippen MR) is 145 cm³/mol. The number of benzene rings is 1. The Kier molecular flexibility index (Phi) is 8.35. The van der Waals surface area contributed by atoms with Crippen LogP contribution in [0.2, 0.25) is 0 Å². The van der Waals surface area contributed by atoms with E-state index in [0.717, 1.165) is 24.8 Å². The lowest BCUT2D eigenvalue weighted by Gasteiger charge is -2.16. The van der Waals surface area contributed by atoms with Crippen molar-refractivity contribution in [3.8, 4) is 5.75 Å². The van der Waals surface area contributed by atoms with Gasteiger partial charge in [0.1, 0.15) is 22.6 Å². The van der Waals surface area contributed by atoms with Gasteiger partial charge in [-0.2, -0.15) is 4.99 Å². The summed E-state index contributed by atoms with van der Waals surface area (Å²) >= 11 is 0. The summed E-state index contributed by atoms with van der Waals surface area (Å²) in [5.41, 5.74) is 1.77. The third-order valence-electron chi connectivity index (χ3n) is 6.21. The molecule has 1 amide bonds. The minimum absolute atomic E-state index is 0.0320. The topological polar surface area (TPSA) is 104 Å². The Bertz CT molecular complexity index is 1630. The van der Waals surface area contributed by atoms with E-state index in [1.54, 1.807) is 48.0 Å². The third kappa shape index (κ3) is 5.22. The molecule has 0 saturated carbocycles. The number of ether oxygens (including phenoxy) is 2. The van der Waals surface area contributed by atoms with Crippen molar-refractivity contribution in [3.05, 3.63) is 81.2 Å². The van der Waals surface area contributed by atoms with E-state index >= 15 is 0 Å². The average molecular weight is 517 g/mol. The van der Waals surface area contributed by atoms with Crippen molar-refractivity contribution in [1.82, 2.24) is 14.0 Å². The molecule has 0 atom stereocenters. The molecule has 1 aromatic carbocycles. The average Bonchev–Trinajstić information content (AvgIpc) is 2.91. The van der Waals surface area contributed by atoms with Gasteiger partial charge in [0.15, 0.2) is 5.49 Å². The molecule has 0 unspecified atom stereocenters. The summed E-state index contributed by atoms with van der Waals surface area (Å²) < 4.78 is 14.1. The number of esters is 1. The van der Waals surface area contributed by atoms with Crippen LogP contribution in [0.1, 0.15) is 66.3 Å². The van der Waals surface area contributed by atoms with Crippen LogP contribution in [-0.2, 0) is 11.3 Å². The quantitative estimate of drug-likeness (QED) is 0.185. The molecule has 0 saturated heterocycles. The Balaban J connectivity index is 2.11. The highest BCUT2D eigenvalue weighted by Gasteiger charge is 2.21. The van der Waals surface area contributed by atoms with Crippen LogP contribution in [0.5, 0.6) is 5.75 Å². The summed E-state index contributed by atoms with van der Waals surface area (Å²) in [7, 11) is 0. The summed E-state index contributed by atoms with van der Waals surface area (Å²) in [6, 6.07) is 11.9. The molecular weight excluding hydrogens is 484 g/mol. The minimum atomic E-state index is -0.669. The first-order chi connectivity index (χ1) is 18.4. The lowest BCUT2D eigenvalue weighted by Crippen LogP contribution is -2.33. The fourth-order valence-electron chi connectivity index (χ4n) is 4.38. The highest BCUT2D eigenvalue weighted by molar-refractivity contribution is 5.99. The number of hydrogen-bond donors (Lipinski definition) is 0. The maximum atomic E-state index is 13.6. The van der Waals surface area contributed by atoms with Crippen LogP contribution in [0.4, 0.5) is 0 Å². The molecule has 38 heavy (non-hydrogen) atoms. The van der Waals surface area contributed by atoms with Gasteiger partial charge in [-0.25, -0.2) is 9.78 Å². The number of aryl methyl sites for hydroxylation is 2. The van der Waals surface area contributed by atoms with Gasteiger partial charge >= 0.3 is 5.97 Å². The minimum Gasteiger partial charge on any atom is -0.493 e. The van der Waals surface area contributed by atoms with Gasteiger partial charge < -0.3 is 14.0 Å². The van der Waals surface area contributed by atoms with Crippen LogP contribution < -0.4 is 15.8 Å². The fraction of sp³-hybridized carbons (Fsp3) is 0.345. The van der Waals surface area contributed by atoms with E-state index in [0.29, 0.717) is 30.2 Å². The molecule has 198 valence electrons. The SMILES string of the molecule is CCCCCn1c(=NC(=O)c2ccccc2OCC)c(C(=O)OCC)cc2c(=O)n3cccc(C)c3nc21. The summed E-state index contributed by atoms with van der Waals surface area (Å²) in [5.74, 6) is -0.841. The van der Waals surface area contributed by atoms with Crippen molar-refractivity contribution >= 4 is 28.6 Å². The van der Waals surface area contributed by atoms with Gasteiger partial charge in [0.25, 0.3) is 11.5 Å². The number of aromatic nitrogens is 3. The molecule has 9 nitrogen and oxygen atoms in total. The maximum absolute atomic E-state index is 13.6. The van der Waals surface area contributed by atoms with Crippen LogP contribution in [0.25, 0.3) is 16.7 Å². The first kappa shape index (κ1) is 26.8. The summed E-state index contributed by atoms with van der Waals surface area (Å²) in [4.78, 5) is 49.5. The van der Waals surface area contributed by atoms with Gasteiger partial charge in [0, 0.05) is 12.7 Å². The van der Waals surface area contributed by atoms with Crippen molar-refractivity contribution in [2.75, 3.05) is 13.2 Å².